The van der Waals surface area contributed by atoms with E-state index in [9.17, 15) is 13.2 Å². The fourth-order valence-electron chi connectivity index (χ4n) is 10.8. The van der Waals surface area contributed by atoms with Gasteiger partial charge in [0.1, 0.15) is 5.75 Å². The highest BCUT2D eigenvalue weighted by molar-refractivity contribution is 7.90. The van der Waals surface area contributed by atoms with E-state index in [1.165, 1.54) is 30.4 Å². The van der Waals surface area contributed by atoms with E-state index in [4.69, 9.17) is 9.47 Å². The van der Waals surface area contributed by atoms with Gasteiger partial charge in [-0.25, -0.2) is 13.1 Å². The normalized spacial score (nSPS) is 30.1. The number of aromatic nitrogens is 1. The number of methoxy groups -OCH3 is 1. The first kappa shape index (κ1) is 33.4. The number of carbonyl (C=O) groups excluding carboxylic acids is 2. The number of rotatable bonds is 7. The molecule has 0 radical (unpaired) electrons. The maximum Gasteiger partial charge on any atom is 0.264 e. The lowest BCUT2D eigenvalue weighted by molar-refractivity contribution is -0.138. The van der Waals surface area contributed by atoms with Crippen molar-refractivity contribution in [2.75, 3.05) is 53.0 Å². The summed E-state index contributed by atoms with van der Waals surface area (Å²) in [6.07, 6.45) is 6.51. The maximum absolute atomic E-state index is 15.2. The summed E-state index contributed by atoms with van der Waals surface area (Å²) in [6, 6.07) is 12.0. The minimum Gasteiger partial charge on any atom is -0.497 e. The van der Waals surface area contributed by atoms with Crippen molar-refractivity contribution in [3.05, 3.63) is 53.1 Å². The number of ether oxygens (including phenoxy) is 2. The monoisotopic (exact) mass is 714 g/mol. The number of nitrogens with zero attached hydrogens (tertiary/aromatic N) is 3. The van der Waals surface area contributed by atoms with Crippen LogP contribution < -0.4 is 9.46 Å². The number of carbonyl (C=O) groups is 2. The zero-order valence-corrected chi connectivity index (χ0v) is 31.1. The van der Waals surface area contributed by atoms with Crippen LogP contribution in [0.1, 0.15) is 92.6 Å². The van der Waals surface area contributed by atoms with Gasteiger partial charge in [-0.3, -0.25) is 9.59 Å². The van der Waals surface area contributed by atoms with Crippen molar-refractivity contribution in [1.82, 2.24) is 19.1 Å². The Kier molecular flexibility index (Phi) is 7.57. The first-order valence-corrected chi connectivity index (χ1v) is 20.5. The summed E-state index contributed by atoms with van der Waals surface area (Å²) in [5, 5.41) is 0.350. The molecule has 3 aromatic rings. The molecule has 0 bridgehead atoms. The Morgan fingerprint density at radius 2 is 1.71 bits per heavy atom. The summed E-state index contributed by atoms with van der Waals surface area (Å²) >= 11 is 0. The van der Waals surface area contributed by atoms with Crippen LogP contribution in [0, 0.1) is 16.2 Å². The summed E-state index contributed by atoms with van der Waals surface area (Å²) in [5.74, 6) is 0.782. The molecule has 2 amide bonds. The highest BCUT2D eigenvalue weighted by atomic mass is 32.2. The molecule has 2 saturated carbocycles. The fourth-order valence-corrected chi connectivity index (χ4v) is 11.4. The molecule has 10 nitrogen and oxygen atoms in total. The quantitative estimate of drug-likeness (QED) is 0.344. The third-order valence-electron chi connectivity index (χ3n) is 13.7. The molecule has 3 saturated heterocycles. The highest BCUT2D eigenvalue weighted by Gasteiger charge is 2.70. The lowest BCUT2D eigenvalue weighted by Gasteiger charge is -2.30. The molecular formula is C40H50N4O6S. The van der Waals surface area contributed by atoms with Gasteiger partial charge in [-0.15, -0.1) is 0 Å². The van der Waals surface area contributed by atoms with Crippen LogP contribution in [-0.4, -0.2) is 92.9 Å². The van der Waals surface area contributed by atoms with Crippen LogP contribution in [0.25, 0.3) is 22.2 Å². The van der Waals surface area contributed by atoms with E-state index >= 15 is 4.79 Å². The number of nitrogens with one attached hydrogen (secondary N) is 1. The molecule has 272 valence electrons. The first-order chi connectivity index (χ1) is 24.4. The molecular weight excluding hydrogens is 665 g/mol. The van der Waals surface area contributed by atoms with Crippen LogP contribution in [0.3, 0.4) is 0 Å². The average Bonchev–Trinajstić information content (AvgIpc) is 3.31. The van der Waals surface area contributed by atoms with Crippen molar-refractivity contribution in [1.29, 1.82) is 0 Å². The molecule has 4 atom stereocenters. The highest BCUT2D eigenvalue weighted by Crippen LogP contribution is 2.67. The van der Waals surface area contributed by atoms with Gasteiger partial charge in [0, 0.05) is 71.5 Å². The number of likely N-dealkylation sites (tertiary alicyclic amines) is 2. The first-order valence-electron chi connectivity index (χ1n) is 18.9. The molecule has 11 heteroatoms. The average molecular weight is 715 g/mol. The summed E-state index contributed by atoms with van der Waals surface area (Å²) in [5.41, 5.74) is 5.24. The van der Waals surface area contributed by atoms with E-state index < -0.39 is 26.6 Å². The molecule has 51 heavy (non-hydrogen) atoms. The molecule has 1 N–H and O–H groups in total. The molecule has 4 aliphatic heterocycles. The minimum absolute atomic E-state index is 0.0242. The second-order valence-corrected chi connectivity index (χ2v) is 19.1. The van der Waals surface area contributed by atoms with Gasteiger partial charge in [-0.2, -0.15) is 0 Å². The molecule has 0 spiro atoms. The number of hydrogen-bond acceptors (Lipinski definition) is 7. The van der Waals surface area contributed by atoms with Crippen LogP contribution in [0.2, 0.25) is 0 Å². The van der Waals surface area contributed by atoms with Crippen molar-refractivity contribution < 1.29 is 27.5 Å². The number of hydrogen-bond donors (Lipinski definition) is 1. The Hall–Kier alpha value is -3.41. The Morgan fingerprint density at radius 1 is 0.980 bits per heavy atom. The lowest BCUT2D eigenvalue weighted by Crippen LogP contribution is -2.43. The second kappa shape index (κ2) is 11.5. The lowest BCUT2D eigenvalue weighted by atomic mass is 9.71. The van der Waals surface area contributed by atoms with E-state index in [0.29, 0.717) is 31.2 Å². The third kappa shape index (κ3) is 4.82. The summed E-state index contributed by atoms with van der Waals surface area (Å²) in [7, 11) is -2.12. The Balaban J connectivity index is 1.19. The second-order valence-electron chi connectivity index (χ2n) is 16.8. The molecule has 3 unspecified atom stereocenters. The van der Waals surface area contributed by atoms with Crippen molar-refractivity contribution in [3.8, 4) is 17.0 Å². The third-order valence-corrected chi connectivity index (χ3v) is 15.4. The number of fused-ring (bicyclic) bond motifs is 7. The van der Waals surface area contributed by atoms with Crippen LogP contribution in [0.5, 0.6) is 5.75 Å². The largest absolute Gasteiger partial charge is 0.497 e. The van der Waals surface area contributed by atoms with Gasteiger partial charge >= 0.3 is 0 Å². The zero-order chi connectivity index (χ0) is 35.5. The summed E-state index contributed by atoms with van der Waals surface area (Å²) in [4.78, 5) is 33.4. The van der Waals surface area contributed by atoms with Gasteiger partial charge in [0.05, 0.1) is 36.7 Å². The molecule has 9 rings (SSSR count). The predicted molar refractivity (Wildman–Crippen MR) is 195 cm³/mol. The van der Waals surface area contributed by atoms with E-state index in [1.807, 2.05) is 18.2 Å². The van der Waals surface area contributed by atoms with Crippen molar-refractivity contribution in [3.63, 3.8) is 0 Å². The smallest absolute Gasteiger partial charge is 0.264 e. The van der Waals surface area contributed by atoms with Gasteiger partial charge in [0.2, 0.25) is 15.9 Å². The topological polar surface area (TPSA) is 110 Å². The van der Waals surface area contributed by atoms with E-state index in [-0.39, 0.29) is 22.7 Å². The Labute approximate surface area is 300 Å². The van der Waals surface area contributed by atoms with Crippen LogP contribution >= 0.6 is 0 Å². The van der Waals surface area contributed by atoms with E-state index in [1.54, 1.807) is 27.0 Å². The zero-order valence-electron chi connectivity index (χ0n) is 30.3. The molecule has 5 fully saturated rings. The molecule has 2 aliphatic carbocycles. The SMILES string of the molecule is CCN1CC23COCC2(C1)CN(C(=O)C12C[C@H]1c1cc(OC)ccc1-c1c(C4CCCCC4)c4ccc(C(=O)NS(=O)(=O)C(C)C)cc4n1C2)C3. The molecule has 5 heterocycles. The number of amides is 2. The minimum atomic E-state index is -3.81. The Bertz CT molecular complexity index is 2050. The van der Waals surface area contributed by atoms with Crippen LogP contribution in [-0.2, 0) is 26.1 Å². The summed E-state index contributed by atoms with van der Waals surface area (Å²) < 4.78 is 42.0. The van der Waals surface area contributed by atoms with Crippen molar-refractivity contribution in [2.45, 2.75) is 82.9 Å². The van der Waals surface area contributed by atoms with E-state index in [0.717, 1.165) is 79.9 Å². The fraction of sp³-hybridized carbons (Fsp3) is 0.600. The van der Waals surface area contributed by atoms with Gasteiger partial charge in [-0.05, 0) is 87.0 Å². The summed E-state index contributed by atoms with van der Waals surface area (Å²) in [6.45, 7) is 11.7. The van der Waals surface area contributed by atoms with Crippen LogP contribution in [0.15, 0.2) is 36.4 Å². The maximum atomic E-state index is 15.2. The predicted octanol–water partition coefficient (Wildman–Crippen LogP) is 5.50. The molecule has 2 aromatic carbocycles. The standard InChI is InChI=1S/C40H50N4O6S/c1-5-42-18-38-20-43(21-39(38,19-42)24-50-23-38)37(46)40-17-32(40)31-16-28(49-4)12-14-29(31)35-34(26-9-7-6-8-10-26)30-13-11-27(15-33(30)44(35)22-40)36(45)41-51(47,48)25(2)3/h11-16,25-26,32H,5-10,17-24H2,1-4H3,(H,41,45)/t32-,38?,39?,40?/m0/s1. The van der Waals surface area contributed by atoms with Gasteiger partial charge in [-0.1, -0.05) is 32.3 Å². The van der Waals surface area contributed by atoms with E-state index in [2.05, 4.69) is 38.1 Å². The van der Waals surface area contributed by atoms with Crippen LogP contribution in [0.4, 0.5) is 0 Å². The number of benzene rings is 2. The van der Waals surface area contributed by atoms with Crippen molar-refractivity contribution in [2.24, 2.45) is 16.2 Å². The molecule has 6 aliphatic rings. The van der Waals surface area contributed by atoms with Crippen molar-refractivity contribution >= 4 is 32.7 Å². The van der Waals surface area contributed by atoms with Gasteiger partial charge in [0.15, 0.2) is 0 Å². The molecule has 1 aromatic heterocycles. The van der Waals surface area contributed by atoms with Gasteiger partial charge in [0.25, 0.3) is 5.91 Å². The number of sulfonamides is 1. The Morgan fingerprint density at radius 3 is 2.37 bits per heavy atom. The van der Waals surface area contributed by atoms with Gasteiger partial charge < -0.3 is 23.8 Å².